The van der Waals surface area contributed by atoms with Gasteiger partial charge in [0, 0.05) is 0 Å². The van der Waals surface area contributed by atoms with E-state index in [0.29, 0.717) is 0 Å². The Morgan fingerprint density at radius 2 is 1.13 bits per heavy atom. The van der Waals surface area contributed by atoms with Crippen molar-refractivity contribution in [3.8, 4) is 0 Å². The fraction of sp³-hybridized carbons (Fsp3) is 0.429. The van der Waals surface area contributed by atoms with Gasteiger partial charge in [-0.25, -0.2) is 9.59 Å². The van der Waals surface area contributed by atoms with Crippen molar-refractivity contribution in [1.29, 1.82) is 0 Å². The van der Waals surface area contributed by atoms with Crippen LogP contribution in [0.5, 0.6) is 0 Å². The van der Waals surface area contributed by atoms with Crippen LogP contribution in [-0.4, -0.2) is 47.3 Å². The van der Waals surface area contributed by atoms with Crippen LogP contribution < -0.4 is 0 Å². The smallest absolute Gasteiger partial charge is 0.341 e. The van der Waals surface area contributed by atoms with Gasteiger partial charge in [-0.2, -0.15) is 0 Å². The lowest BCUT2D eigenvalue weighted by atomic mass is 10.4. The number of rotatable bonds is 6. The lowest BCUT2D eigenvalue weighted by Crippen LogP contribution is -2.19. The molecule has 2 N–H and O–H groups in total. The van der Waals surface area contributed by atoms with Crippen molar-refractivity contribution in [2.45, 2.75) is 6.42 Å². The molecule has 0 aromatic rings. The van der Waals surface area contributed by atoms with E-state index in [9.17, 15) is 19.2 Å². The third kappa shape index (κ3) is 8.22. The highest BCUT2D eigenvalue weighted by Crippen LogP contribution is 1.91. The normalized spacial score (nSPS) is 9.07. The van der Waals surface area contributed by atoms with Crippen molar-refractivity contribution < 1.29 is 38.9 Å². The van der Waals surface area contributed by atoms with Gasteiger partial charge in [0.2, 0.25) is 0 Å². The first-order chi connectivity index (χ1) is 6.91. The van der Waals surface area contributed by atoms with Crippen molar-refractivity contribution in [3.63, 3.8) is 0 Å². The molecular weight excluding hydrogens is 212 g/mol. The maximum atomic E-state index is 10.7. The highest BCUT2D eigenvalue weighted by Gasteiger charge is 2.14. The topological polar surface area (TPSA) is 127 Å². The summed E-state index contributed by atoms with van der Waals surface area (Å²) in [6.07, 6.45) is -0.819. The number of hydrogen-bond donors (Lipinski definition) is 2. The van der Waals surface area contributed by atoms with E-state index in [4.69, 9.17) is 10.2 Å². The van der Waals surface area contributed by atoms with E-state index in [1.165, 1.54) is 0 Å². The van der Waals surface area contributed by atoms with Crippen LogP contribution in [0.4, 0.5) is 0 Å². The van der Waals surface area contributed by atoms with Gasteiger partial charge in [-0.15, -0.1) is 0 Å². The predicted molar refractivity (Wildman–Crippen MR) is 41.8 cm³/mol. The van der Waals surface area contributed by atoms with Gasteiger partial charge in [0.05, 0.1) is 0 Å². The molecule has 8 heteroatoms. The molecule has 0 fully saturated rings. The van der Waals surface area contributed by atoms with Crippen LogP contribution in [0.1, 0.15) is 6.42 Å². The van der Waals surface area contributed by atoms with E-state index >= 15 is 0 Å². The molecule has 0 rings (SSSR count). The Balaban J connectivity index is 3.71. The standard InChI is InChI=1S/C7H8O8/c8-4(9)2-14-6(12)1-7(13)15-3-5(10)11/h1-3H2,(H,8,9)(H,10,11). The number of carboxylic acid groups (broad SMARTS) is 2. The monoisotopic (exact) mass is 220 g/mol. The Labute approximate surface area is 83.4 Å². The molecule has 8 nitrogen and oxygen atoms in total. The van der Waals surface area contributed by atoms with Gasteiger partial charge in [0.1, 0.15) is 6.42 Å². The fourth-order valence-electron chi connectivity index (χ4n) is 0.504. The number of hydrogen-bond acceptors (Lipinski definition) is 6. The van der Waals surface area contributed by atoms with Crippen LogP contribution in [0.3, 0.4) is 0 Å². The summed E-state index contributed by atoms with van der Waals surface area (Å²) in [6, 6.07) is 0. The molecule has 0 radical (unpaired) electrons. The number of carbonyl (C=O) groups excluding carboxylic acids is 2. The van der Waals surface area contributed by atoms with Crippen LogP contribution in [0.25, 0.3) is 0 Å². The van der Waals surface area contributed by atoms with Crippen LogP contribution >= 0.6 is 0 Å². The Morgan fingerprint density at radius 1 is 0.800 bits per heavy atom. The highest BCUT2D eigenvalue weighted by molar-refractivity contribution is 5.92. The third-order valence-electron chi connectivity index (χ3n) is 1.00. The van der Waals surface area contributed by atoms with E-state index in [1.807, 2.05) is 0 Å². The molecule has 0 aliphatic carbocycles. The molecule has 0 spiro atoms. The maximum absolute atomic E-state index is 10.7. The summed E-state index contributed by atoms with van der Waals surface area (Å²) in [5.74, 6) is -4.90. The van der Waals surface area contributed by atoms with E-state index < -0.39 is 43.5 Å². The first-order valence-corrected chi connectivity index (χ1v) is 3.66. The number of ether oxygens (including phenoxy) is 2. The number of esters is 2. The molecular formula is C7H8O8. The molecule has 0 amide bonds. The van der Waals surface area contributed by atoms with Crippen LogP contribution in [-0.2, 0) is 28.7 Å². The van der Waals surface area contributed by atoms with Gasteiger partial charge in [0.25, 0.3) is 0 Å². The first-order valence-electron chi connectivity index (χ1n) is 3.66. The minimum Gasteiger partial charge on any atom is -0.479 e. The SMILES string of the molecule is O=C(O)COC(=O)CC(=O)OCC(=O)O. The van der Waals surface area contributed by atoms with Gasteiger partial charge < -0.3 is 19.7 Å². The van der Waals surface area contributed by atoms with E-state index in [0.717, 1.165) is 0 Å². The molecule has 84 valence electrons. The lowest BCUT2D eigenvalue weighted by molar-refractivity contribution is -0.163. The Morgan fingerprint density at radius 3 is 1.40 bits per heavy atom. The summed E-state index contributed by atoms with van der Waals surface area (Å²) < 4.78 is 8.19. The average Bonchev–Trinajstić information content (AvgIpc) is 2.11. The molecule has 0 saturated carbocycles. The predicted octanol–water partition coefficient (Wildman–Crippen LogP) is -1.37. The average molecular weight is 220 g/mol. The van der Waals surface area contributed by atoms with Crippen molar-refractivity contribution >= 4 is 23.9 Å². The summed E-state index contributed by atoms with van der Waals surface area (Å²) in [7, 11) is 0. The van der Waals surface area contributed by atoms with Crippen molar-refractivity contribution in [2.75, 3.05) is 13.2 Å². The zero-order valence-electron chi connectivity index (χ0n) is 7.47. The molecule has 0 aromatic carbocycles. The summed E-state index contributed by atoms with van der Waals surface area (Å²) >= 11 is 0. The van der Waals surface area contributed by atoms with Crippen molar-refractivity contribution in [1.82, 2.24) is 0 Å². The molecule has 0 aliphatic rings. The molecule has 0 heterocycles. The van der Waals surface area contributed by atoms with E-state index in [2.05, 4.69) is 9.47 Å². The van der Waals surface area contributed by atoms with Gasteiger partial charge in [-0.05, 0) is 0 Å². The van der Waals surface area contributed by atoms with Gasteiger partial charge in [-0.1, -0.05) is 0 Å². The summed E-state index contributed by atoms with van der Waals surface area (Å²) in [5, 5.41) is 16.2. The molecule has 0 aliphatic heterocycles. The highest BCUT2D eigenvalue weighted by atomic mass is 16.6. The lowest BCUT2D eigenvalue weighted by Gasteiger charge is -2.01. The molecule has 15 heavy (non-hydrogen) atoms. The van der Waals surface area contributed by atoms with Crippen molar-refractivity contribution in [3.05, 3.63) is 0 Å². The minimum atomic E-state index is -1.36. The molecule has 0 unspecified atom stereocenters. The quantitative estimate of drug-likeness (QED) is 0.414. The zero-order valence-corrected chi connectivity index (χ0v) is 7.47. The minimum absolute atomic E-state index is 0.819. The van der Waals surface area contributed by atoms with Gasteiger partial charge in [0.15, 0.2) is 13.2 Å². The van der Waals surface area contributed by atoms with Crippen LogP contribution in [0.15, 0.2) is 0 Å². The number of carbonyl (C=O) groups is 4. The molecule has 0 saturated heterocycles. The second-order valence-electron chi connectivity index (χ2n) is 2.29. The maximum Gasteiger partial charge on any atom is 0.341 e. The summed E-state index contributed by atoms with van der Waals surface area (Å²) in [5.41, 5.74) is 0. The zero-order chi connectivity index (χ0) is 11.8. The van der Waals surface area contributed by atoms with Gasteiger partial charge in [-0.3, -0.25) is 9.59 Å². The Kier molecular flexibility index (Phi) is 5.45. The number of aliphatic carboxylic acids is 2. The van der Waals surface area contributed by atoms with E-state index in [1.54, 1.807) is 0 Å². The molecule has 0 bridgehead atoms. The molecule has 0 atom stereocenters. The van der Waals surface area contributed by atoms with Crippen molar-refractivity contribution in [2.24, 2.45) is 0 Å². The number of carboxylic acids is 2. The second kappa shape index (κ2) is 6.35. The summed E-state index contributed by atoms with van der Waals surface area (Å²) in [4.78, 5) is 41.2. The third-order valence-corrected chi connectivity index (χ3v) is 1.00. The fourth-order valence-corrected chi connectivity index (χ4v) is 0.504. The Hall–Kier alpha value is -2.12. The Bertz CT molecular complexity index is 253. The summed E-state index contributed by atoms with van der Waals surface area (Å²) in [6.45, 7) is -1.71. The van der Waals surface area contributed by atoms with Crippen LogP contribution in [0, 0.1) is 0 Å². The molecule has 0 aromatic heterocycles. The van der Waals surface area contributed by atoms with Crippen LogP contribution in [0.2, 0.25) is 0 Å². The second-order valence-corrected chi connectivity index (χ2v) is 2.29. The van der Waals surface area contributed by atoms with E-state index in [-0.39, 0.29) is 0 Å². The largest absolute Gasteiger partial charge is 0.479 e. The first kappa shape index (κ1) is 12.9. The van der Waals surface area contributed by atoms with Gasteiger partial charge >= 0.3 is 23.9 Å².